The van der Waals surface area contributed by atoms with Crippen LogP contribution in [-0.2, 0) is 23.2 Å². The third-order valence-corrected chi connectivity index (χ3v) is 7.58. The summed E-state index contributed by atoms with van der Waals surface area (Å²) in [5.74, 6) is 0.786. The first-order valence-corrected chi connectivity index (χ1v) is 12.5. The van der Waals surface area contributed by atoms with Gasteiger partial charge in [0.2, 0.25) is 10.0 Å². The topological polar surface area (TPSA) is 59.5 Å². The zero-order valence-corrected chi connectivity index (χ0v) is 19.4. The molecule has 1 aliphatic rings. The number of fused-ring (bicyclic) bond motifs is 1. The van der Waals surface area contributed by atoms with E-state index < -0.39 is 10.0 Å². The summed E-state index contributed by atoms with van der Waals surface area (Å²) in [6.07, 6.45) is 3.72. The van der Waals surface area contributed by atoms with Crippen molar-refractivity contribution in [2.75, 3.05) is 6.54 Å². The number of benzene rings is 3. The highest BCUT2D eigenvalue weighted by Gasteiger charge is 2.33. The van der Waals surface area contributed by atoms with Gasteiger partial charge in [-0.2, -0.15) is 4.31 Å². The fourth-order valence-electron chi connectivity index (χ4n) is 4.00. The second-order valence-corrected chi connectivity index (χ2v) is 10.0. The van der Waals surface area contributed by atoms with Crippen molar-refractivity contribution in [2.45, 2.75) is 18.0 Å². The van der Waals surface area contributed by atoms with Gasteiger partial charge in [0, 0.05) is 12.7 Å². The zero-order valence-electron chi connectivity index (χ0n) is 18.5. The number of ether oxygens (including phenoxy) is 1. The lowest BCUT2D eigenvalue weighted by molar-refractivity contribution is 0.306. The molecule has 3 aromatic carbocycles. The van der Waals surface area contributed by atoms with Gasteiger partial charge >= 0.3 is 0 Å². The predicted molar refractivity (Wildman–Crippen MR) is 133 cm³/mol. The van der Waals surface area contributed by atoms with Crippen LogP contribution in [0.2, 0.25) is 0 Å². The molecule has 1 aliphatic heterocycles. The van der Waals surface area contributed by atoms with E-state index in [4.69, 9.17) is 4.74 Å². The van der Waals surface area contributed by atoms with Crippen molar-refractivity contribution in [1.82, 2.24) is 9.29 Å². The Morgan fingerprint density at radius 2 is 1.59 bits per heavy atom. The van der Waals surface area contributed by atoms with Gasteiger partial charge in [0.1, 0.15) is 12.4 Å². The quantitative estimate of drug-likeness (QED) is 0.380. The molecule has 0 saturated carbocycles. The van der Waals surface area contributed by atoms with Crippen molar-refractivity contribution in [3.05, 3.63) is 126 Å². The molecule has 0 spiro atoms. The van der Waals surface area contributed by atoms with Crippen molar-refractivity contribution in [1.29, 1.82) is 0 Å². The lowest BCUT2D eigenvalue weighted by Crippen LogP contribution is -2.36. The van der Waals surface area contributed by atoms with Crippen LogP contribution in [-0.4, -0.2) is 24.3 Å². The smallest absolute Gasteiger partial charge is 0.244 e. The molecular formula is C28H24N2O3S. The molecule has 0 aliphatic carbocycles. The summed E-state index contributed by atoms with van der Waals surface area (Å²) in [5.41, 5.74) is 4.49. The third kappa shape index (κ3) is 4.78. The molecular weight excluding hydrogens is 444 g/mol. The minimum atomic E-state index is -3.61. The first-order chi connectivity index (χ1) is 16.6. The van der Waals surface area contributed by atoms with Crippen LogP contribution in [0, 0.1) is 0 Å². The third-order valence-electron chi connectivity index (χ3n) is 5.73. The number of pyridine rings is 1. The lowest BCUT2D eigenvalue weighted by Gasteiger charge is -2.30. The number of hydrogen-bond donors (Lipinski definition) is 0. The maximum atomic E-state index is 13.3. The highest BCUT2D eigenvalue weighted by Crippen LogP contribution is 2.35. The Morgan fingerprint density at radius 3 is 2.35 bits per heavy atom. The van der Waals surface area contributed by atoms with Gasteiger partial charge in [-0.25, -0.2) is 8.42 Å². The second-order valence-electron chi connectivity index (χ2n) is 8.10. The first kappa shape index (κ1) is 22.1. The Balaban J connectivity index is 1.41. The van der Waals surface area contributed by atoms with Gasteiger partial charge in [-0.15, -0.1) is 0 Å². The Morgan fingerprint density at radius 1 is 0.853 bits per heavy atom. The minimum absolute atomic E-state index is 0.223. The maximum absolute atomic E-state index is 13.3. The molecule has 0 saturated heterocycles. The van der Waals surface area contributed by atoms with Crippen LogP contribution >= 0.6 is 0 Å². The molecule has 0 radical (unpaired) electrons. The van der Waals surface area contributed by atoms with Crippen molar-refractivity contribution in [3.63, 3.8) is 0 Å². The van der Waals surface area contributed by atoms with Gasteiger partial charge in [0.15, 0.2) is 0 Å². The van der Waals surface area contributed by atoms with Crippen molar-refractivity contribution in [3.8, 4) is 5.75 Å². The van der Waals surface area contributed by atoms with E-state index in [0.29, 0.717) is 17.2 Å². The molecule has 34 heavy (non-hydrogen) atoms. The zero-order chi connectivity index (χ0) is 23.4. The summed E-state index contributed by atoms with van der Waals surface area (Å²) < 4.78 is 34.0. The van der Waals surface area contributed by atoms with Gasteiger partial charge in [0.25, 0.3) is 0 Å². The molecule has 170 valence electrons. The molecule has 5 rings (SSSR count). The molecule has 0 N–H and O–H groups in total. The van der Waals surface area contributed by atoms with Gasteiger partial charge in [-0.1, -0.05) is 66.7 Å². The van der Waals surface area contributed by atoms with Crippen LogP contribution in [0.25, 0.3) is 11.6 Å². The Labute approximate surface area is 200 Å². The van der Waals surface area contributed by atoms with Crippen molar-refractivity contribution < 1.29 is 13.2 Å². The fourth-order valence-corrected chi connectivity index (χ4v) is 5.61. The second kappa shape index (κ2) is 9.63. The monoisotopic (exact) mass is 468 g/mol. The number of aromatic nitrogens is 1. The van der Waals surface area contributed by atoms with Crippen LogP contribution in [0.3, 0.4) is 0 Å². The van der Waals surface area contributed by atoms with E-state index in [2.05, 4.69) is 4.98 Å². The molecule has 6 heteroatoms. The van der Waals surface area contributed by atoms with E-state index in [1.54, 1.807) is 18.3 Å². The molecule has 0 atom stereocenters. The van der Waals surface area contributed by atoms with Crippen LogP contribution in [0.15, 0.2) is 108 Å². The summed E-state index contributed by atoms with van der Waals surface area (Å²) in [4.78, 5) is 4.64. The standard InChI is InChI=1S/C28H24N2O3S/c31-34(32)28-12-5-4-11-27(28)24(19-30(34)20-25-10-6-7-17-29-25)18-22-13-15-26(16-14-22)33-21-23-8-2-1-3-9-23/h1-18H,19-21H2/b24-18+. The van der Waals surface area contributed by atoms with Crippen LogP contribution in [0.5, 0.6) is 5.75 Å². The van der Waals surface area contributed by atoms with Gasteiger partial charge in [-0.3, -0.25) is 4.98 Å². The summed E-state index contributed by atoms with van der Waals surface area (Å²) in [5, 5.41) is 0. The van der Waals surface area contributed by atoms with E-state index in [0.717, 1.165) is 28.0 Å². The average Bonchev–Trinajstić information content (AvgIpc) is 2.88. The van der Waals surface area contributed by atoms with E-state index in [9.17, 15) is 8.42 Å². The summed E-state index contributed by atoms with van der Waals surface area (Å²) in [6, 6.07) is 30.6. The van der Waals surface area contributed by atoms with E-state index in [1.165, 1.54) is 4.31 Å². The fraction of sp³-hybridized carbons (Fsp3) is 0.107. The number of nitrogens with zero attached hydrogens (tertiary/aromatic N) is 2. The van der Waals surface area contributed by atoms with Crippen LogP contribution in [0.1, 0.15) is 22.4 Å². The molecule has 1 aromatic heterocycles. The lowest BCUT2D eigenvalue weighted by atomic mass is 10.0. The Bertz CT molecular complexity index is 1400. The average molecular weight is 469 g/mol. The highest BCUT2D eigenvalue weighted by molar-refractivity contribution is 7.89. The largest absolute Gasteiger partial charge is 0.489 e. The van der Waals surface area contributed by atoms with Crippen LogP contribution < -0.4 is 4.74 Å². The molecule has 0 amide bonds. The molecule has 0 bridgehead atoms. The Kier molecular flexibility index (Phi) is 6.25. The number of hydrogen-bond acceptors (Lipinski definition) is 4. The summed E-state index contributed by atoms with van der Waals surface area (Å²) >= 11 is 0. The normalized spacial score (nSPS) is 16.2. The molecule has 2 heterocycles. The number of sulfonamides is 1. The molecule has 4 aromatic rings. The van der Waals surface area contributed by atoms with Crippen molar-refractivity contribution >= 4 is 21.7 Å². The van der Waals surface area contributed by atoms with Gasteiger partial charge in [-0.05, 0) is 58.7 Å². The molecule has 5 nitrogen and oxygen atoms in total. The highest BCUT2D eigenvalue weighted by atomic mass is 32.2. The Hall–Kier alpha value is -3.74. The SMILES string of the molecule is O=S1(=O)c2ccccc2/C(=C/c2ccc(OCc3ccccc3)cc2)CN1Cc1ccccn1. The van der Waals surface area contributed by atoms with E-state index in [-0.39, 0.29) is 13.1 Å². The van der Waals surface area contributed by atoms with E-state index >= 15 is 0 Å². The van der Waals surface area contributed by atoms with Gasteiger partial charge in [0.05, 0.1) is 17.1 Å². The number of rotatable bonds is 6. The molecule has 0 fully saturated rings. The van der Waals surface area contributed by atoms with E-state index in [1.807, 2.05) is 91.0 Å². The maximum Gasteiger partial charge on any atom is 0.244 e. The summed E-state index contributed by atoms with van der Waals surface area (Å²) in [7, 11) is -3.61. The van der Waals surface area contributed by atoms with Crippen LogP contribution in [0.4, 0.5) is 0 Å². The molecule has 0 unspecified atom stereocenters. The predicted octanol–water partition coefficient (Wildman–Crippen LogP) is 5.41. The first-order valence-electron chi connectivity index (χ1n) is 11.1. The van der Waals surface area contributed by atoms with Crippen molar-refractivity contribution in [2.24, 2.45) is 0 Å². The van der Waals surface area contributed by atoms with Gasteiger partial charge < -0.3 is 4.74 Å². The minimum Gasteiger partial charge on any atom is -0.489 e. The summed E-state index contributed by atoms with van der Waals surface area (Å²) in [6.45, 7) is 1.01.